The molecule has 4 rings (SSSR count). The highest BCUT2D eigenvalue weighted by Crippen LogP contribution is 2.35. The van der Waals surface area contributed by atoms with Crippen molar-refractivity contribution < 1.29 is 13.6 Å². The first kappa shape index (κ1) is 17.2. The Labute approximate surface area is 154 Å². The number of aryl methyl sites for hydroxylation is 1. The van der Waals surface area contributed by atoms with Crippen molar-refractivity contribution in [3.63, 3.8) is 0 Å². The van der Waals surface area contributed by atoms with Crippen LogP contribution in [0.2, 0.25) is 0 Å². The lowest BCUT2D eigenvalue weighted by molar-refractivity contribution is -0.115. The zero-order chi connectivity index (χ0) is 18.3. The van der Waals surface area contributed by atoms with Gasteiger partial charge in [0.15, 0.2) is 0 Å². The normalized spacial score (nSPS) is 13.6. The standard InChI is InChI=1S/C17H13F2N3O2S2/c18-8-1-2-11(10(19)5-8)20-14(23)6-13-21-16(24)15-9-3-4-25-7-12(9)26-17(15)22-13/h1-2,5H,3-4,6-7H2,(H,20,23)(H,21,22,24). The predicted molar refractivity (Wildman–Crippen MR) is 98.8 cm³/mol. The second kappa shape index (κ2) is 6.81. The molecular weight excluding hydrogens is 380 g/mol. The van der Waals surface area contributed by atoms with Gasteiger partial charge in [0.25, 0.3) is 5.56 Å². The fourth-order valence-corrected chi connectivity index (χ4v) is 5.27. The number of carbonyl (C=O) groups is 1. The number of thiophene rings is 1. The maximum absolute atomic E-state index is 13.6. The van der Waals surface area contributed by atoms with E-state index in [1.165, 1.54) is 11.3 Å². The van der Waals surface area contributed by atoms with Crippen LogP contribution in [0.4, 0.5) is 14.5 Å². The molecule has 1 amide bonds. The molecule has 0 radical (unpaired) electrons. The first-order chi connectivity index (χ1) is 12.5. The molecule has 0 unspecified atom stereocenters. The number of aromatic amines is 1. The third-order valence-electron chi connectivity index (χ3n) is 4.06. The Balaban J connectivity index is 1.59. The van der Waals surface area contributed by atoms with Crippen LogP contribution >= 0.6 is 23.1 Å². The van der Waals surface area contributed by atoms with Gasteiger partial charge in [-0.1, -0.05) is 0 Å². The van der Waals surface area contributed by atoms with Gasteiger partial charge in [-0.2, -0.15) is 11.8 Å². The Kier molecular flexibility index (Phi) is 4.49. The minimum absolute atomic E-state index is 0.122. The van der Waals surface area contributed by atoms with Crippen molar-refractivity contribution in [1.82, 2.24) is 9.97 Å². The summed E-state index contributed by atoms with van der Waals surface area (Å²) in [7, 11) is 0. The van der Waals surface area contributed by atoms with Crippen molar-refractivity contribution in [3.8, 4) is 0 Å². The van der Waals surface area contributed by atoms with Crippen molar-refractivity contribution in [3.05, 3.63) is 56.5 Å². The van der Waals surface area contributed by atoms with Crippen LogP contribution < -0.4 is 10.9 Å². The maximum Gasteiger partial charge on any atom is 0.259 e. The molecular formula is C17H13F2N3O2S2. The molecule has 1 aliphatic heterocycles. The Hall–Kier alpha value is -2.26. The maximum atomic E-state index is 13.6. The van der Waals surface area contributed by atoms with E-state index in [0.717, 1.165) is 40.5 Å². The molecule has 0 aliphatic carbocycles. The molecule has 0 atom stereocenters. The molecule has 0 fully saturated rings. The fraction of sp³-hybridized carbons (Fsp3) is 0.235. The van der Waals surface area contributed by atoms with Gasteiger partial charge < -0.3 is 10.3 Å². The number of fused-ring (bicyclic) bond motifs is 3. The number of anilines is 1. The molecule has 134 valence electrons. The molecule has 2 N–H and O–H groups in total. The average Bonchev–Trinajstić information content (AvgIpc) is 2.96. The number of rotatable bonds is 3. The van der Waals surface area contributed by atoms with E-state index in [1.54, 1.807) is 0 Å². The van der Waals surface area contributed by atoms with E-state index < -0.39 is 17.5 Å². The molecule has 26 heavy (non-hydrogen) atoms. The zero-order valence-electron chi connectivity index (χ0n) is 13.4. The number of H-pyrrole nitrogens is 1. The van der Waals surface area contributed by atoms with Crippen molar-refractivity contribution in [2.75, 3.05) is 11.1 Å². The highest BCUT2D eigenvalue weighted by Gasteiger charge is 2.20. The van der Waals surface area contributed by atoms with Gasteiger partial charge in [-0.3, -0.25) is 9.59 Å². The van der Waals surface area contributed by atoms with Gasteiger partial charge in [0.05, 0.1) is 17.5 Å². The van der Waals surface area contributed by atoms with Crippen LogP contribution in [0.5, 0.6) is 0 Å². The molecule has 9 heteroatoms. The highest BCUT2D eigenvalue weighted by molar-refractivity contribution is 7.98. The van der Waals surface area contributed by atoms with Crippen LogP contribution in [0, 0.1) is 11.6 Å². The molecule has 1 aliphatic rings. The van der Waals surface area contributed by atoms with Gasteiger partial charge in [-0.15, -0.1) is 11.3 Å². The topological polar surface area (TPSA) is 74.8 Å². The summed E-state index contributed by atoms with van der Waals surface area (Å²) in [5.41, 5.74) is 0.681. The van der Waals surface area contributed by atoms with Gasteiger partial charge in [0.2, 0.25) is 5.91 Å². The Bertz CT molecular complexity index is 1080. The number of hydrogen-bond acceptors (Lipinski definition) is 5. The smallest absolute Gasteiger partial charge is 0.259 e. The molecule has 3 heterocycles. The predicted octanol–water partition coefficient (Wildman–Crippen LogP) is 3.23. The lowest BCUT2D eigenvalue weighted by atomic mass is 10.1. The molecule has 0 spiro atoms. The number of carbonyl (C=O) groups excluding carboxylic acids is 1. The lowest BCUT2D eigenvalue weighted by Crippen LogP contribution is -2.20. The largest absolute Gasteiger partial charge is 0.323 e. The van der Waals surface area contributed by atoms with E-state index in [1.807, 2.05) is 11.8 Å². The summed E-state index contributed by atoms with van der Waals surface area (Å²) in [6.45, 7) is 0. The van der Waals surface area contributed by atoms with Crippen LogP contribution in [0.1, 0.15) is 16.3 Å². The second-order valence-electron chi connectivity index (χ2n) is 5.85. The Morgan fingerprint density at radius 2 is 2.19 bits per heavy atom. The summed E-state index contributed by atoms with van der Waals surface area (Å²) >= 11 is 3.30. The fourth-order valence-electron chi connectivity index (χ4n) is 2.90. The van der Waals surface area contributed by atoms with Gasteiger partial charge in [-0.05, 0) is 29.9 Å². The van der Waals surface area contributed by atoms with Crippen LogP contribution in [-0.4, -0.2) is 21.6 Å². The molecule has 5 nitrogen and oxygen atoms in total. The molecule has 0 saturated heterocycles. The van der Waals surface area contributed by atoms with Crippen molar-refractivity contribution in [2.45, 2.75) is 18.6 Å². The van der Waals surface area contributed by atoms with Crippen LogP contribution in [-0.2, 0) is 23.4 Å². The number of nitrogens with one attached hydrogen (secondary N) is 2. The van der Waals surface area contributed by atoms with Gasteiger partial charge in [0, 0.05) is 16.7 Å². The minimum atomic E-state index is -0.862. The summed E-state index contributed by atoms with van der Waals surface area (Å²) in [4.78, 5) is 33.4. The second-order valence-corrected chi connectivity index (χ2v) is 8.04. The van der Waals surface area contributed by atoms with Gasteiger partial charge in [0.1, 0.15) is 22.3 Å². The van der Waals surface area contributed by atoms with E-state index in [2.05, 4.69) is 15.3 Å². The number of aromatic nitrogens is 2. The molecule has 0 bridgehead atoms. The first-order valence-electron chi connectivity index (χ1n) is 7.87. The average molecular weight is 393 g/mol. The van der Waals surface area contributed by atoms with Crippen molar-refractivity contribution >= 4 is 44.9 Å². The monoisotopic (exact) mass is 393 g/mol. The Morgan fingerprint density at radius 3 is 3.00 bits per heavy atom. The summed E-state index contributed by atoms with van der Waals surface area (Å²) in [6.07, 6.45) is 0.633. The number of amides is 1. The molecule has 1 aromatic carbocycles. The van der Waals surface area contributed by atoms with E-state index in [9.17, 15) is 18.4 Å². The minimum Gasteiger partial charge on any atom is -0.323 e. The summed E-state index contributed by atoms with van der Waals surface area (Å²) < 4.78 is 26.5. The van der Waals surface area contributed by atoms with Crippen LogP contribution in [0.15, 0.2) is 23.0 Å². The van der Waals surface area contributed by atoms with E-state index in [0.29, 0.717) is 16.3 Å². The summed E-state index contributed by atoms with van der Waals surface area (Å²) in [5, 5.41) is 2.97. The third kappa shape index (κ3) is 3.24. The van der Waals surface area contributed by atoms with Crippen molar-refractivity contribution in [2.24, 2.45) is 0 Å². The number of benzene rings is 1. The third-order valence-corrected chi connectivity index (χ3v) is 6.35. The number of hydrogen-bond donors (Lipinski definition) is 2. The number of halogens is 2. The molecule has 2 aromatic heterocycles. The number of thioether (sulfide) groups is 1. The first-order valence-corrected chi connectivity index (χ1v) is 9.84. The Morgan fingerprint density at radius 1 is 1.35 bits per heavy atom. The van der Waals surface area contributed by atoms with E-state index in [4.69, 9.17) is 0 Å². The van der Waals surface area contributed by atoms with E-state index in [-0.39, 0.29) is 23.5 Å². The van der Waals surface area contributed by atoms with Crippen LogP contribution in [0.3, 0.4) is 0 Å². The van der Waals surface area contributed by atoms with Crippen molar-refractivity contribution in [1.29, 1.82) is 0 Å². The van der Waals surface area contributed by atoms with Gasteiger partial charge in [-0.25, -0.2) is 13.8 Å². The highest BCUT2D eigenvalue weighted by atomic mass is 32.2. The van der Waals surface area contributed by atoms with E-state index >= 15 is 0 Å². The molecule has 0 saturated carbocycles. The summed E-state index contributed by atoms with van der Waals surface area (Å²) in [5.74, 6) is -0.0691. The van der Waals surface area contributed by atoms with Gasteiger partial charge >= 0.3 is 0 Å². The lowest BCUT2D eigenvalue weighted by Gasteiger charge is -2.09. The molecule has 3 aromatic rings. The number of nitrogens with zero attached hydrogens (tertiary/aromatic N) is 1. The quantitative estimate of drug-likeness (QED) is 0.716. The zero-order valence-corrected chi connectivity index (χ0v) is 15.0. The van der Waals surface area contributed by atoms with Crippen LogP contribution in [0.25, 0.3) is 10.2 Å². The summed E-state index contributed by atoms with van der Waals surface area (Å²) in [6, 6.07) is 2.89. The SMILES string of the molecule is O=C(Cc1nc2sc3c(c2c(=O)[nH]1)CCSC3)Nc1ccc(F)cc1F.